The summed E-state index contributed by atoms with van der Waals surface area (Å²) < 4.78 is 0.895. The van der Waals surface area contributed by atoms with Gasteiger partial charge < -0.3 is 5.32 Å². The normalized spacial score (nSPS) is 11.7. The molecule has 2 nitrogen and oxygen atoms in total. The molecule has 3 heteroatoms. The Morgan fingerprint density at radius 3 is 2.71 bits per heavy atom. The molecule has 0 aliphatic heterocycles. The molecule has 0 atom stereocenters. The molecule has 0 fully saturated rings. The molecule has 0 saturated heterocycles. The van der Waals surface area contributed by atoms with Crippen LogP contribution in [-0.2, 0) is 6.54 Å². The molecule has 0 amide bonds. The summed E-state index contributed by atoms with van der Waals surface area (Å²) in [7, 11) is 0. The Kier molecular flexibility index (Phi) is 4.08. The molecule has 1 aromatic heterocycles. The van der Waals surface area contributed by atoms with Gasteiger partial charge in [0.25, 0.3) is 0 Å². The summed E-state index contributed by atoms with van der Waals surface area (Å²) in [6.07, 6.45) is 1.11. The van der Waals surface area contributed by atoms with Crippen molar-refractivity contribution < 1.29 is 0 Å². The summed E-state index contributed by atoms with van der Waals surface area (Å²) in [5.74, 6) is 0. The van der Waals surface area contributed by atoms with Gasteiger partial charge in [-0.3, -0.25) is 0 Å². The summed E-state index contributed by atoms with van der Waals surface area (Å²) in [6, 6.07) is 5.98. The van der Waals surface area contributed by atoms with Crippen LogP contribution in [0.15, 0.2) is 22.8 Å². The first-order chi connectivity index (χ1) is 6.53. The maximum atomic E-state index is 4.36. The number of nitrogens with one attached hydrogen (secondary N) is 1. The van der Waals surface area contributed by atoms with Gasteiger partial charge in [-0.05, 0) is 48.3 Å². The molecule has 0 radical (unpaired) electrons. The van der Waals surface area contributed by atoms with E-state index in [-0.39, 0.29) is 5.54 Å². The van der Waals surface area contributed by atoms with E-state index in [0.29, 0.717) is 0 Å². The van der Waals surface area contributed by atoms with Crippen LogP contribution < -0.4 is 5.32 Å². The second kappa shape index (κ2) is 4.89. The van der Waals surface area contributed by atoms with Crippen molar-refractivity contribution in [1.29, 1.82) is 0 Å². The lowest BCUT2D eigenvalue weighted by Gasteiger charge is -2.24. The minimum atomic E-state index is 0.185. The number of halogens is 1. The van der Waals surface area contributed by atoms with E-state index in [1.807, 2.05) is 18.2 Å². The largest absolute Gasteiger partial charge is 0.306 e. The zero-order valence-electron chi connectivity index (χ0n) is 8.97. The van der Waals surface area contributed by atoms with Crippen molar-refractivity contribution in [1.82, 2.24) is 10.3 Å². The Hall–Kier alpha value is -0.410. The Balaban J connectivity index is 2.54. The number of hydrogen-bond donors (Lipinski definition) is 1. The fourth-order valence-corrected chi connectivity index (χ4v) is 1.38. The molecule has 78 valence electrons. The highest BCUT2D eigenvalue weighted by Gasteiger charge is 2.13. The molecule has 0 aliphatic rings. The summed E-state index contributed by atoms with van der Waals surface area (Å²) in [6.45, 7) is 7.40. The molecule has 0 saturated carbocycles. The molecular formula is C11H17BrN2. The van der Waals surface area contributed by atoms with Gasteiger partial charge in [-0.2, -0.15) is 0 Å². The van der Waals surface area contributed by atoms with Crippen LogP contribution >= 0.6 is 15.9 Å². The van der Waals surface area contributed by atoms with Crippen molar-refractivity contribution in [3.63, 3.8) is 0 Å². The maximum Gasteiger partial charge on any atom is 0.106 e. The Morgan fingerprint density at radius 1 is 1.43 bits per heavy atom. The van der Waals surface area contributed by atoms with Crippen molar-refractivity contribution in [3.05, 3.63) is 28.5 Å². The molecule has 1 N–H and O–H groups in total. The van der Waals surface area contributed by atoms with Crippen molar-refractivity contribution >= 4 is 15.9 Å². The highest BCUT2D eigenvalue weighted by atomic mass is 79.9. The molecule has 1 rings (SSSR count). The van der Waals surface area contributed by atoms with E-state index in [2.05, 4.69) is 47.0 Å². The SMILES string of the molecule is CCC(C)(C)NCc1cccc(Br)n1. The second-order valence-corrected chi connectivity index (χ2v) is 4.86. The molecule has 0 unspecified atom stereocenters. The van der Waals surface area contributed by atoms with E-state index in [9.17, 15) is 0 Å². The highest BCUT2D eigenvalue weighted by Crippen LogP contribution is 2.10. The topological polar surface area (TPSA) is 24.9 Å². The fourth-order valence-electron chi connectivity index (χ4n) is 1.00. The van der Waals surface area contributed by atoms with Crippen LogP contribution in [0, 0.1) is 0 Å². The van der Waals surface area contributed by atoms with E-state index in [1.165, 1.54) is 0 Å². The lowest BCUT2D eigenvalue weighted by Crippen LogP contribution is -2.38. The van der Waals surface area contributed by atoms with Crippen LogP contribution in [0.4, 0.5) is 0 Å². The predicted molar refractivity (Wildman–Crippen MR) is 63.1 cm³/mol. The number of rotatable bonds is 4. The van der Waals surface area contributed by atoms with E-state index in [4.69, 9.17) is 0 Å². The molecule has 1 heterocycles. The third-order valence-electron chi connectivity index (χ3n) is 2.40. The smallest absolute Gasteiger partial charge is 0.106 e. The first-order valence-corrected chi connectivity index (χ1v) is 5.69. The fraction of sp³-hybridized carbons (Fsp3) is 0.545. The highest BCUT2D eigenvalue weighted by molar-refractivity contribution is 9.10. The van der Waals surface area contributed by atoms with Crippen LogP contribution in [0.2, 0.25) is 0 Å². The minimum absolute atomic E-state index is 0.185. The van der Waals surface area contributed by atoms with Gasteiger partial charge in [0.1, 0.15) is 4.60 Å². The van der Waals surface area contributed by atoms with E-state index in [0.717, 1.165) is 23.3 Å². The molecule has 0 aromatic carbocycles. The number of aromatic nitrogens is 1. The van der Waals surface area contributed by atoms with E-state index >= 15 is 0 Å². The Bertz CT molecular complexity index is 297. The van der Waals surface area contributed by atoms with Crippen LogP contribution in [0.25, 0.3) is 0 Å². The van der Waals surface area contributed by atoms with Crippen LogP contribution in [0.1, 0.15) is 32.9 Å². The molecular weight excluding hydrogens is 240 g/mol. The van der Waals surface area contributed by atoms with E-state index in [1.54, 1.807) is 0 Å². The van der Waals surface area contributed by atoms with Gasteiger partial charge >= 0.3 is 0 Å². The van der Waals surface area contributed by atoms with E-state index < -0.39 is 0 Å². The standard InChI is InChI=1S/C11H17BrN2/c1-4-11(2,3)13-8-9-6-5-7-10(12)14-9/h5-7,13H,4,8H2,1-3H3. The molecule has 0 aliphatic carbocycles. The second-order valence-electron chi connectivity index (χ2n) is 4.04. The van der Waals surface area contributed by atoms with Crippen molar-refractivity contribution in [3.8, 4) is 0 Å². The number of nitrogens with zero attached hydrogens (tertiary/aromatic N) is 1. The first kappa shape index (κ1) is 11.7. The number of pyridine rings is 1. The maximum absolute atomic E-state index is 4.36. The van der Waals surface area contributed by atoms with Gasteiger partial charge in [-0.15, -0.1) is 0 Å². The summed E-state index contributed by atoms with van der Waals surface area (Å²) in [4.78, 5) is 4.36. The van der Waals surface area contributed by atoms with Crippen LogP contribution in [-0.4, -0.2) is 10.5 Å². The summed E-state index contributed by atoms with van der Waals surface area (Å²) in [5.41, 5.74) is 1.25. The van der Waals surface area contributed by atoms with Crippen LogP contribution in [0.3, 0.4) is 0 Å². The number of hydrogen-bond acceptors (Lipinski definition) is 2. The monoisotopic (exact) mass is 256 g/mol. The minimum Gasteiger partial charge on any atom is -0.306 e. The zero-order chi connectivity index (χ0) is 10.6. The van der Waals surface area contributed by atoms with Crippen molar-refractivity contribution in [2.75, 3.05) is 0 Å². The van der Waals surface area contributed by atoms with Crippen molar-refractivity contribution in [2.24, 2.45) is 0 Å². The predicted octanol–water partition coefficient (Wildman–Crippen LogP) is 3.12. The van der Waals surface area contributed by atoms with Gasteiger partial charge in [0.2, 0.25) is 0 Å². The zero-order valence-corrected chi connectivity index (χ0v) is 10.6. The molecule has 0 spiro atoms. The van der Waals surface area contributed by atoms with Gasteiger partial charge in [-0.25, -0.2) is 4.98 Å². The third-order valence-corrected chi connectivity index (χ3v) is 2.85. The average Bonchev–Trinajstić information content (AvgIpc) is 2.15. The van der Waals surface area contributed by atoms with Gasteiger partial charge in [0.05, 0.1) is 5.69 Å². The molecule has 14 heavy (non-hydrogen) atoms. The summed E-state index contributed by atoms with van der Waals surface area (Å²) >= 11 is 3.36. The van der Waals surface area contributed by atoms with Gasteiger partial charge in [0.15, 0.2) is 0 Å². The lowest BCUT2D eigenvalue weighted by atomic mass is 10.0. The quantitative estimate of drug-likeness (QED) is 0.838. The van der Waals surface area contributed by atoms with Gasteiger partial charge in [-0.1, -0.05) is 13.0 Å². The third kappa shape index (κ3) is 3.76. The van der Waals surface area contributed by atoms with Crippen LogP contribution in [0.5, 0.6) is 0 Å². The molecule has 0 bridgehead atoms. The first-order valence-electron chi connectivity index (χ1n) is 4.90. The Morgan fingerprint density at radius 2 is 2.14 bits per heavy atom. The van der Waals surface area contributed by atoms with Gasteiger partial charge in [0, 0.05) is 12.1 Å². The molecule has 1 aromatic rings. The Labute approximate surface area is 94.3 Å². The summed E-state index contributed by atoms with van der Waals surface area (Å²) in [5, 5.41) is 3.47. The lowest BCUT2D eigenvalue weighted by molar-refractivity contribution is 0.372. The van der Waals surface area contributed by atoms with Crippen molar-refractivity contribution in [2.45, 2.75) is 39.3 Å². The average molecular weight is 257 g/mol.